The zero-order valence-corrected chi connectivity index (χ0v) is 13.6. The molecule has 0 heterocycles. The van der Waals surface area contributed by atoms with E-state index in [9.17, 15) is 8.42 Å². The largest absolute Gasteiger partial charge is 0.493 e. The fourth-order valence-electron chi connectivity index (χ4n) is 1.56. The van der Waals surface area contributed by atoms with Crippen molar-refractivity contribution in [3.63, 3.8) is 0 Å². The first-order chi connectivity index (χ1) is 8.87. The molecule has 0 unspecified atom stereocenters. The van der Waals surface area contributed by atoms with Crippen LogP contribution >= 0.6 is 15.9 Å². The molecule has 1 rings (SSSR count). The summed E-state index contributed by atoms with van der Waals surface area (Å²) in [7, 11) is 0.224. The molecule has 0 saturated carbocycles. The summed E-state index contributed by atoms with van der Waals surface area (Å²) in [6, 6.07) is 3.77. The van der Waals surface area contributed by atoms with Crippen molar-refractivity contribution in [3.05, 3.63) is 22.2 Å². The normalized spacial score (nSPS) is 11.4. The van der Waals surface area contributed by atoms with E-state index in [1.165, 1.54) is 6.26 Å². The Morgan fingerprint density at radius 2 is 1.95 bits per heavy atom. The molecule has 0 bridgehead atoms. The Morgan fingerprint density at radius 3 is 2.47 bits per heavy atom. The van der Waals surface area contributed by atoms with Gasteiger partial charge in [0.25, 0.3) is 0 Å². The summed E-state index contributed by atoms with van der Waals surface area (Å²) >= 11 is 3.41. The average molecular weight is 352 g/mol. The molecule has 0 atom stereocenters. The van der Waals surface area contributed by atoms with E-state index in [0.29, 0.717) is 24.6 Å². The average Bonchev–Trinajstić information content (AvgIpc) is 2.32. The molecule has 0 aromatic heterocycles. The van der Waals surface area contributed by atoms with Gasteiger partial charge in [0.15, 0.2) is 11.5 Å². The molecule has 5 nitrogen and oxygen atoms in total. The van der Waals surface area contributed by atoms with Gasteiger partial charge in [-0.2, -0.15) is 0 Å². The van der Waals surface area contributed by atoms with Crippen LogP contribution in [-0.4, -0.2) is 41.2 Å². The van der Waals surface area contributed by atoms with E-state index in [0.717, 1.165) is 10.0 Å². The number of hydrogen-bond donors (Lipinski definition) is 1. The number of rotatable bonds is 7. The monoisotopic (exact) mass is 351 g/mol. The highest BCUT2D eigenvalue weighted by atomic mass is 79.9. The van der Waals surface area contributed by atoms with Crippen LogP contribution < -0.4 is 14.8 Å². The van der Waals surface area contributed by atoms with Gasteiger partial charge >= 0.3 is 0 Å². The Morgan fingerprint density at radius 1 is 1.26 bits per heavy atom. The predicted molar refractivity (Wildman–Crippen MR) is 78.7 cm³/mol. The maximum absolute atomic E-state index is 11.0. The summed E-state index contributed by atoms with van der Waals surface area (Å²) in [5.74, 6) is 1.40. The van der Waals surface area contributed by atoms with Gasteiger partial charge in [0.2, 0.25) is 0 Å². The fourth-order valence-corrected chi connectivity index (χ4v) is 2.73. The van der Waals surface area contributed by atoms with Crippen LogP contribution in [0.25, 0.3) is 0 Å². The van der Waals surface area contributed by atoms with Crippen molar-refractivity contribution >= 4 is 25.8 Å². The summed E-state index contributed by atoms with van der Waals surface area (Å²) in [5.41, 5.74) is 0.984. The van der Waals surface area contributed by atoms with Crippen molar-refractivity contribution in [3.8, 4) is 11.5 Å². The van der Waals surface area contributed by atoms with Crippen molar-refractivity contribution < 1.29 is 17.9 Å². The van der Waals surface area contributed by atoms with Crippen molar-refractivity contribution in [2.24, 2.45) is 0 Å². The lowest BCUT2D eigenvalue weighted by Gasteiger charge is -2.12. The third-order valence-corrected chi connectivity index (χ3v) is 4.01. The molecule has 0 aliphatic heterocycles. The minimum Gasteiger partial charge on any atom is -0.493 e. The quantitative estimate of drug-likeness (QED) is 0.756. The van der Waals surface area contributed by atoms with Crippen LogP contribution in [0.2, 0.25) is 0 Å². The highest BCUT2D eigenvalue weighted by molar-refractivity contribution is 9.10. The number of nitrogens with one attached hydrogen (secondary N) is 1. The van der Waals surface area contributed by atoms with E-state index in [4.69, 9.17) is 9.47 Å². The van der Waals surface area contributed by atoms with Crippen LogP contribution in [0.15, 0.2) is 16.6 Å². The number of hydrogen-bond acceptors (Lipinski definition) is 5. The molecule has 0 amide bonds. The Bertz CT molecular complexity index is 531. The molecule has 0 saturated heterocycles. The lowest BCUT2D eigenvalue weighted by atomic mass is 10.2. The second-order valence-corrected chi connectivity index (χ2v) is 7.23. The maximum atomic E-state index is 11.0. The second-order valence-electron chi connectivity index (χ2n) is 4.12. The summed E-state index contributed by atoms with van der Waals surface area (Å²) in [4.78, 5) is 0. The van der Waals surface area contributed by atoms with Crippen molar-refractivity contribution in [2.75, 3.05) is 32.8 Å². The SMILES string of the molecule is COc1cc(CNCCS(C)(=O)=O)cc(Br)c1OC. The molecule has 1 aromatic rings. The number of benzene rings is 1. The van der Waals surface area contributed by atoms with Crippen LogP contribution in [0.1, 0.15) is 5.56 Å². The van der Waals surface area contributed by atoms with E-state index in [1.807, 2.05) is 12.1 Å². The summed E-state index contributed by atoms with van der Waals surface area (Å²) in [5, 5.41) is 3.08. The standard InChI is InChI=1S/C12H18BrNO4S/c1-17-11-7-9(6-10(13)12(11)18-2)8-14-4-5-19(3,15)16/h6-7,14H,4-5,8H2,1-3H3. The minimum atomic E-state index is -2.93. The van der Waals surface area contributed by atoms with E-state index in [2.05, 4.69) is 21.2 Å². The van der Waals surface area contributed by atoms with Gasteiger partial charge in [-0.05, 0) is 33.6 Å². The van der Waals surface area contributed by atoms with Crippen LogP contribution in [0.4, 0.5) is 0 Å². The topological polar surface area (TPSA) is 64.6 Å². The highest BCUT2D eigenvalue weighted by Crippen LogP contribution is 2.36. The zero-order valence-electron chi connectivity index (χ0n) is 11.2. The van der Waals surface area contributed by atoms with E-state index >= 15 is 0 Å². The molecule has 0 spiro atoms. The second kappa shape index (κ2) is 7.12. The molecular weight excluding hydrogens is 334 g/mol. The fraction of sp³-hybridized carbons (Fsp3) is 0.500. The Balaban J connectivity index is 2.67. The first kappa shape index (κ1) is 16.3. The molecule has 0 radical (unpaired) electrons. The Hall–Kier alpha value is -0.790. The van der Waals surface area contributed by atoms with E-state index in [1.54, 1.807) is 14.2 Å². The predicted octanol–water partition coefficient (Wildman–Crippen LogP) is 1.60. The van der Waals surface area contributed by atoms with Gasteiger partial charge in [0.1, 0.15) is 9.84 Å². The Kier molecular flexibility index (Phi) is 6.09. The zero-order chi connectivity index (χ0) is 14.5. The first-order valence-electron chi connectivity index (χ1n) is 5.66. The maximum Gasteiger partial charge on any atom is 0.174 e. The summed E-state index contributed by atoms with van der Waals surface area (Å²) < 4.78 is 33.3. The molecule has 0 aliphatic rings. The first-order valence-corrected chi connectivity index (χ1v) is 8.51. The molecule has 108 valence electrons. The number of sulfone groups is 1. The number of methoxy groups -OCH3 is 2. The minimum absolute atomic E-state index is 0.126. The van der Waals surface area contributed by atoms with Crippen molar-refractivity contribution in [2.45, 2.75) is 6.54 Å². The van der Waals surface area contributed by atoms with E-state index < -0.39 is 9.84 Å². The molecule has 1 aromatic carbocycles. The van der Waals surface area contributed by atoms with E-state index in [-0.39, 0.29) is 5.75 Å². The van der Waals surface area contributed by atoms with Gasteiger partial charge in [0, 0.05) is 19.3 Å². The molecule has 0 fully saturated rings. The van der Waals surface area contributed by atoms with Crippen LogP contribution in [0, 0.1) is 0 Å². The molecule has 1 N–H and O–H groups in total. The highest BCUT2D eigenvalue weighted by Gasteiger charge is 2.10. The number of halogens is 1. The lowest BCUT2D eigenvalue weighted by Crippen LogP contribution is -2.22. The Labute approximate surface area is 122 Å². The molecule has 19 heavy (non-hydrogen) atoms. The van der Waals surface area contributed by atoms with Crippen molar-refractivity contribution in [1.29, 1.82) is 0 Å². The summed E-state index contributed by atoms with van der Waals surface area (Å²) in [6.45, 7) is 0.985. The van der Waals surface area contributed by atoms with Crippen LogP contribution in [0.3, 0.4) is 0 Å². The molecular formula is C12H18BrNO4S. The van der Waals surface area contributed by atoms with Gasteiger partial charge < -0.3 is 14.8 Å². The van der Waals surface area contributed by atoms with Gasteiger partial charge in [-0.15, -0.1) is 0 Å². The smallest absolute Gasteiger partial charge is 0.174 e. The van der Waals surface area contributed by atoms with Gasteiger partial charge in [0.05, 0.1) is 24.4 Å². The van der Waals surface area contributed by atoms with Gasteiger partial charge in [-0.25, -0.2) is 8.42 Å². The molecule has 0 aliphatic carbocycles. The lowest BCUT2D eigenvalue weighted by molar-refractivity contribution is 0.352. The van der Waals surface area contributed by atoms with Gasteiger partial charge in [-0.3, -0.25) is 0 Å². The summed E-state index contributed by atoms with van der Waals surface area (Å²) in [6.07, 6.45) is 1.22. The van der Waals surface area contributed by atoms with Gasteiger partial charge in [-0.1, -0.05) is 0 Å². The third kappa shape index (κ3) is 5.38. The third-order valence-electron chi connectivity index (χ3n) is 2.47. The number of ether oxygens (including phenoxy) is 2. The molecule has 7 heteroatoms. The van der Waals surface area contributed by atoms with Crippen LogP contribution in [-0.2, 0) is 16.4 Å². The van der Waals surface area contributed by atoms with Crippen molar-refractivity contribution in [1.82, 2.24) is 5.32 Å². The van der Waals surface area contributed by atoms with Crippen LogP contribution in [0.5, 0.6) is 11.5 Å².